The Morgan fingerprint density at radius 1 is 1.31 bits per heavy atom. The summed E-state index contributed by atoms with van der Waals surface area (Å²) >= 11 is 5.62. The van der Waals surface area contributed by atoms with Gasteiger partial charge in [-0.05, 0) is 18.2 Å². The summed E-state index contributed by atoms with van der Waals surface area (Å²) in [7, 11) is 0. The van der Waals surface area contributed by atoms with Crippen molar-refractivity contribution in [2.75, 3.05) is 0 Å². The van der Waals surface area contributed by atoms with E-state index in [4.69, 9.17) is 27.2 Å². The Balaban J connectivity index is 0.00000300. The number of pyridine rings is 1. The first-order valence-corrected chi connectivity index (χ1v) is 8.37. The molecule has 12 heteroatoms. The second kappa shape index (κ2) is 9.59. The molecule has 0 fully saturated rings. The summed E-state index contributed by atoms with van der Waals surface area (Å²) in [5, 5.41) is 16.5. The van der Waals surface area contributed by atoms with Crippen LogP contribution < -0.4 is 10.5 Å². The minimum Gasteiger partial charge on any atom is -0.481 e. The monoisotopic (exact) mass is 445 g/mol. The number of carboxylic acid groups (broad SMARTS) is 1. The highest BCUT2D eigenvalue weighted by Crippen LogP contribution is 2.26. The van der Waals surface area contributed by atoms with Crippen molar-refractivity contribution in [2.45, 2.75) is 18.9 Å². The predicted octanol–water partition coefficient (Wildman–Crippen LogP) is 3.15. The van der Waals surface area contributed by atoms with Crippen molar-refractivity contribution in [2.24, 2.45) is 5.73 Å². The number of ether oxygens (including phenoxy) is 1. The molecule has 1 unspecified atom stereocenters. The highest BCUT2D eigenvalue weighted by molar-refractivity contribution is 6.30. The topological polar surface area (TPSA) is 116 Å². The molecular formula is C17H15Cl2F2N5O3. The lowest BCUT2D eigenvalue weighted by molar-refractivity contribution is -0.137. The average Bonchev–Trinajstić information content (AvgIpc) is 3.04. The van der Waals surface area contributed by atoms with Gasteiger partial charge in [-0.3, -0.25) is 4.79 Å². The van der Waals surface area contributed by atoms with Crippen LogP contribution in [0.5, 0.6) is 11.6 Å². The molecule has 1 aromatic carbocycles. The number of halogens is 4. The fourth-order valence-corrected chi connectivity index (χ4v) is 2.55. The predicted molar refractivity (Wildman–Crippen MR) is 102 cm³/mol. The molecule has 0 aliphatic carbocycles. The smallest absolute Gasteiger partial charge is 0.304 e. The number of aliphatic carboxylic acids is 1. The van der Waals surface area contributed by atoms with Gasteiger partial charge in [-0.15, -0.1) is 17.5 Å². The number of benzene rings is 1. The summed E-state index contributed by atoms with van der Waals surface area (Å²) in [6.07, 6.45) is 2.61. The van der Waals surface area contributed by atoms with Gasteiger partial charge in [0.15, 0.2) is 11.6 Å². The van der Waals surface area contributed by atoms with Gasteiger partial charge in [-0.25, -0.2) is 18.4 Å². The number of aromatic nitrogens is 4. The molecule has 0 saturated heterocycles. The molecule has 0 bridgehead atoms. The highest BCUT2D eigenvalue weighted by atomic mass is 35.5. The van der Waals surface area contributed by atoms with E-state index < -0.39 is 23.6 Å². The molecular weight excluding hydrogens is 431 g/mol. The van der Waals surface area contributed by atoms with Crippen molar-refractivity contribution >= 4 is 30.0 Å². The number of hydrogen-bond donors (Lipinski definition) is 2. The van der Waals surface area contributed by atoms with Crippen molar-refractivity contribution in [1.82, 2.24) is 20.0 Å². The zero-order chi connectivity index (χ0) is 20.3. The van der Waals surface area contributed by atoms with E-state index in [0.717, 1.165) is 12.1 Å². The molecule has 0 spiro atoms. The molecule has 3 aromatic rings. The lowest BCUT2D eigenvalue weighted by atomic mass is 10.1. The molecule has 3 rings (SSSR count). The first-order chi connectivity index (χ1) is 13.3. The van der Waals surface area contributed by atoms with Crippen LogP contribution in [0.4, 0.5) is 8.78 Å². The zero-order valence-corrected chi connectivity index (χ0v) is 16.2. The summed E-state index contributed by atoms with van der Waals surface area (Å²) in [6.45, 7) is 0. The van der Waals surface area contributed by atoms with E-state index in [0.29, 0.717) is 5.69 Å². The molecule has 3 N–H and O–H groups in total. The molecule has 1 atom stereocenters. The Kier molecular flexibility index (Phi) is 7.43. The Morgan fingerprint density at radius 2 is 2.07 bits per heavy atom. The van der Waals surface area contributed by atoms with Crippen LogP contribution in [0.25, 0.3) is 5.69 Å². The van der Waals surface area contributed by atoms with Gasteiger partial charge in [0.2, 0.25) is 0 Å². The van der Waals surface area contributed by atoms with Crippen LogP contribution in [0.3, 0.4) is 0 Å². The van der Waals surface area contributed by atoms with E-state index in [9.17, 15) is 13.6 Å². The third kappa shape index (κ3) is 5.83. The second-order valence-electron chi connectivity index (χ2n) is 5.87. The van der Waals surface area contributed by atoms with Crippen LogP contribution in [0.2, 0.25) is 5.02 Å². The fraction of sp³-hybridized carbons (Fsp3) is 0.176. The third-order valence-electron chi connectivity index (χ3n) is 3.60. The quantitative estimate of drug-likeness (QED) is 0.573. The van der Waals surface area contributed by atoms with E-state index in [2.05, 4.69) is 15.3 Å². The Morgan fingerprint density at radius 3 is 2.72 bits per heavy atom. The number of hydrogen-bond acceptors (Lipinski definition) is 6. The molecule has 154 valence electrons. The van der Waals surface area contributed by atoms with E-state index in [1.54, 1.807) is 0 Å². The number of carboxylic acids is 1. The van der Waals surface area contributed by atoms with E-state index in [-0.39, 0.29) is 47.6 Å². The van der Waals surface area contributed by atoms with Gasteiger partial charge in [-0.1, -0.05) is 16.8 Å². The molecule has 0 aliphatic heterocycles. The molecule has 8 nitrogen and oxygen atoms in total. The number of carbonyl (C=O) groups is 1. The molecule has 0 amide bonds. The molecule has 0 aliphatic rings. The molecule has 29 heavy (non-hydrogen) atoms. The minimum absolute atomic E-state index is 0. The van der Waals surface area contributed by atoms with E-state index in [1.165, 1.54) is 29.2 Å². The maximum Gasteiger partial charge on any atom is 0.304 e. The molecule has 0 radical (unpaired) electrons. The first kappa shape index (κ1) is 22.5. The standard InChI is InChI=1S/C17H14ClF2N5O3.ClH/c18-9-3-14(20)17(22-7-9)28-12-1-2-15(13(19)6-12)25-8-11(23-24-25)4-10(21)5-16(26)27;/h1-3,6-8,10H,4-5,21H2,(H,26,27);1H. The van der Waals surface area contributed by atoms with Crippen molar-refractivity contribution in [3.05, 3.63) is 59.0 Å². The lowest BCUT2D eigenvalue weighted by Gasteiger charge is -2.08. The Hall–Kier alpha value is -2.82. The van der Waals surface area contributed by atoms with Crippen molar-refractivity contribution in [3.63, 3.8) is 0 Å². The van der Waals surface area contributed by atoms with Crippen molar-refractivity contribution in [1.29, 1.82) is 0 Å². The summed E-state index contributed by atoms with van der Waals surface area (Å²) in [5.41, 5.74) is 6.20. The van der Waals surface area contributed by atoms with Crippen LogP contribution in [0, 0.1) is 11.6 Å². The van der Waals surface area contributed by atoms with Crippen LogP contribution in [0.15, 0.2) is 36.7 Å². The van der Waals surface area contributed by atoms with Crippen LogP contribution in [-0.4, -0.2) is 37.1 Å². The minimum atomic E-state index is -1.02. The van der Waals surface area contributed by atoms with Gasteiger partial charge >= 0.3 is 5.97 Å². The maximum atomic E-state index is 14.4. The molecule has 0 saturated carbocycles. The van der Waals surface area contributed by atoms with Gasteiger partial charge in [0.25, 0.3) is 5.88 Å². The van der Waals surface area contributed by atoms with Crippen molar-refractivity contribution in [3.8, 4) is 17.3 Å². The van der Waals surface area contributed by atoms with Crippen molar-refractivity contribution < 1.29 is 23.4 Å². The van der Waals surface area contributed by atoms with Crippen LogP contribution >= 0.6 is 24.0 Å². The van der Waals surface area contributed by atoms with Crippen LogP contribution in [-0.2, 0) is 11.2 Å². The summed E-state index contributed by atoms with van der Waals surface area (Å²) < 4.78 is 34.6. The summed E-state index contributed by atoms with van der Waals surface area (Å²) in [4.78, 5) is 14.4. The Bertz CT molecular complexity index is 1020. The Labute approximate surface area is 174 Å². The summed E-state index contributed by atoms with van der Waals surface area (Å²) in [6, 6.07) is 4.22. The average molecular weight is 446 g/mol. The fourth-order valence-electron chi connectivity index (χ4n) is 2.40. The molecule has 2 heterocycles. The van der Waals surface area contributed by atoms with Crippen LogP contribution in [0.1, 0.15) is 12.1 Å². The third-order valence-corrected chi connectivity index (χ3v) is 3.81. The SMILES string of the molecule is Cl.NC(CC(=O)O)Cc1cn(-c2ccc(Oc3ncc(Cl)cc3F)cc2F)nn1. The number of nitrogens with two attached hydrogens (primary N) is 1. The van der Waals surface area contributed by atoms with Gasteiger partial charge in [-0.2, -0.15) is 0 Å². The number of rotatable bonds is 7. The van der Waals surface area contributed by atoms with E-state index in [1.807, 2.05) is 0 Å². The zero-order valence-electron chi connectivity index (χ0n) is 14.6. The normalized spacial score (nSPS) is 11.6. The lowest BCUT2D eigenvalue weighted by Crippen LogP contribution is -2.26. The van der Waals surface area contributed by atoms with E-state index >= 15 is 0 Å². The number of nitrogens with zero attached hydrogens (tertiary/aromatic N) is 4. The van der Waals surface area contributed by atoms with Gasteiger partial charge in [0, 0.05) is 24.7 Å². The second-order valence-corrected chi connectivity index (χ2v) is 6.31. The van der Waals surface area contributed by atoms with Gasteiger partial charge in [0.1, 0.15) is 11.4 Å². The largest absolute Gasteiger partial charge is 0.481 e. The maximum absolute atomic E-state index is 14.4. The van der Waals surface area contributed by atoms with Gasteiger partial charge in [0.05, 0.1) is 23.3 Å². The van der Waals surface area contributed by atoms with Gasteiger partial charge < -0.3 is 15.6 Å². The molecule has 2 aromatic heterocycles. The first-order valence-electron chi connectivity index (χ1n) is 7.99. The summed E-state index contributed by atoms with van der Waals surface area (Å²) in [5.74, 6) is -2.81. The highest BCUT2D eigenvalue weighted by Gasteiger charge is 2.15.